The van der Waals surface area contributed by atoms with Crippen molar-refractivity contribution in [1.29, 1.82) is 0 Å². The van der Waals surface area contributed by atoms with Gasteiger partial charge in [-0.3, -0.25) is 10.1 Å². The maximum atomic E-state index is 13.8. The van der Waals surface area contributed by atoms with Crippen molar-refractivity contribution >= 4 is 15.5 Å². The molecule has 110 valence electrons. The van der Waals surface area contributed by atoms with Crippen LogP contribution in [0.2, 0.25) is 0 Å². The van der Waals surface area contributed by atoms with Gasteiger partial charge in [0.05, 0.1) is 15.9 Å². The molecule has 1 atom stereocenters. The lowest BCUT2D eigenvalue weighted by Crippen LogP contribution is -2.30. The first-order valence-electron chi connectivity index (χ1n) is 6.26. The molecule has 0 saturated carbocycles. The Bertz CT molecular complexity index is 618. The Morgan fingerprint density at radius 1 is 1.45 bits per heavy atom. The SMILES string of the molecule is O=[N+]([O-])c1cccc(CNCC2CCCS2(=O)=O)c1F. The number of sulfone groups is 1. The van der Waals surface area contributed by atoms with Crippen LogP contribution in [0.1, 0.15) is 18.4 Å². The summed E-state index contributed by atoms with van der Waals surface area (Å²) < 4.78 is 37.0. The van der Waals surface area contributed by atoms with Gasteiger partial charge in [-0.1, -0.05) is 12.1 Å². The Labute approximate surface area is 116 Å². The summed E-state index contributed by atoms with van der Waals surface area (Å²) in [7, 11) is -3.04. The smallest absolute Gasteiger partial charge is 0.305 e. The molecule has 0 amide bonds. The maximum absolute atomic E-state index is 13.8. The second kappa shape index (κ2) is 5.84. The van der Waals surface area contributed by atoms with E-state index in [2.05, 4.69) is 5.32 Å². The number of hydrogen-bond donors (Lipinski definition) is 1. The van der Waals surface area contributed by atoms with Gasteiger partial charge in [-0.15, -0.1) is 0 Å². The second-order valence-electron chi connectivity index (χ2n) is 4.77. The second-order valence-corrected chi connectivity index (χ2v) is 7.17. The van der Waals surface area contributed by atoms with E-state index in [1.807, 2.05) is 0 Å². The lowest BCUT2D eigenvalue weighted by atomic mass is 10.2. The third kappa shape index (κ3) is 3.13. The zero-order chi connectivity index (χ0) is 14.8. The molecule has 6 nitrogen and oxygen atoms in total. The fourth-order valence-electron chi connectivity index (χ4n) is 2.30. The molecule has 0 bridgehead atoms. The zero-order valence-electron chi connectivity index (χ0n) is 10.7. The molecule has 1 saturated heterocycles. The standard InChI is InChI=1S/C12H15FN2O4S/c13-12-9(3-1-5-11(12)15(16)17)7-14-8-10-4-2-6-20(10,18)19/h1,3,5,10,14H,2,4,6-8H2. The van der Waals surface area contributed by atoms with Gasteiger partial charge in [0.15, 0.2) is 9.84 Å². The molecule has 1 unspecified atom stereocenters. The van der Waals surface area contributed by atoms with E-state index in [-0.39, 0.29) is 24.4 Å². The van der Waals surface area contributed by atoms with Crippen molar-refractivity contribution in [3.63, 3.8) is 0 Å². The number of nitrogens with zero attached hydrogens (tertiary/aromatic N) is 1. The molecule has 1 fully saturated rings. The first-order valence-corrected chi connectivity index (χ1v) is 7.97. The van der Waals surface area contributed by atoms with E-state index in [1.54, 1.807) is 0 Å². The Hall–Kier alpha value is -1.54. The molecule has 8 heteroatoms. The van der Waals surface area contributed by atoms with Crippen molar-refractivity contribution in [2.45, 2.75) is 24.6 Å². The summed E-state index contributed by atoms with van der Waals surface area (Å²) in [5.41, 5.74) is -0.410. The van der Waals surface area contributed by atoms with Crippen molar-refractivity contribution in [3.8, 4) is 0 Å². The summed E-state index contributed by atoms with van der Waals surface area (Å²) in [5.74, 6) is -0.677. The molecule has 2 rings (SSSR count). The van der Waals surface area contributed by atoms with Crippen molar-refractivity contribution in [2.75, 3.05) is 12.3 Å². The Balaban J connectivity index is 1.98. The van der Waals surface area contributed by atoms with E-state index in [0.29, 0.717) is 12.8 Å². The highest BCUT2D eigenvalue weighted by atomic mass is 32.2. The normalized spacial score (nSPS) is 20.9. The largest absolute Gasteiger partial charge is 0.311 e. The van der Waals surface area contributed by atoms with Crippen LogP contribution in [0, 0.1) is 15.9 Å². The molecule has 0 aromatic heterocycles. The van der Waals surface area contributed by atoms with E-state index in [9.17, 15) is 22.9 Å². The summed E-state index contributed by atoms with van der Waals surface area (Å²) in [6.45, 7) is 0.310. The number of hydrogen-bond acceptors (Lipinski definition) is 5. The molecule has 0 radical (unpaired) electrons. The predicted molar refractivity (Wildman–Crippen MR) is 71.6 cm³/mol. The first-order chi connectivity index (χ1) is 9.42. The number of benzene rings is 1. The van der Waals surface area contributed by atoms with Gasteiger partial charge >= 0.3 is 5.69 Å². The summed E-state index contributed by atoms with van der Waals surface area (Å²) in [5, 5.41) is 13.0. The van der Waals surface area contributed by atoms with Crippen LogP contribution in [0.25, 0.3) is 0 Å². The van der Waals surface area contributed by atoms with Gasteiger partial charge < -0.3 is 5.32 Å². The van der Waals surface area contributed by atoms with E-state index >= 15 is 0 Å². The van der Waals surface area contributed by atoms with Crippen molar-refractivity contribution in [1.82, 2.24) is 5.32 Å². The third-order valence-electron chi connectivity index (χ3n) is 3.41. The number of halogens is 1. The molecular weight excluding hydrogens is 287 g/mol. The maximum Gasteiger partial charge on any atom is 0.305 e. The fraction of sp³-hybridized carbons (Fsp3) is 0.500. The summed E-state index contributed by atoms with van der Waals surface area (Å²) in [6, 6.07) is 3.95. The van der Waals surface area contributed by atoms with Gasteiger partial charge in [-0.25, -0.2) is 8.42 Å². The lowest BCUT2D eigenvalue weighted by Gasteiger charge is -2.11. The van der Waals surface area contributed by atoms with Crippen LogP contribution < -0.4 is 5.32 Å². The summed E-state index contributed by atoms with van der Waals surface area (Å²) in [6.07, 6.45) is 1.26. The van der Waals surface area contributed by atoms with Gasteiger partial charge in [0.1, 0.15) is 0 Å². The Kier molecular flexibility index (Phi) is 4.34. The molecule has 1 aromatic carbocycles. The van der Waals surface area contributed by atoms with Gasteiger partial charge in [0.25, 0.3) is 0 Å². The molecule has 1 aliphatic rings. The number of nitrogens with one attached hydrogen (secondary N) is 1. The van der Waals surface area contributed by atoms with Gasteiger partial charge in [0, 0.05) is 24.7 Å². The highest BCUT2D eigenvalue weighted by Gasteiger charge is 2.30. The van der Waals surface area contributed by atoms with Crippen molar-refractivity contribution in [2.24, 2.45) is 0 Å². The van der Waals surface area contributed by atoms with E-state index < -0.39 is 31.5 Å². The Morgan fingerprint density at radius 3 is 2.80 bits per heavy atom. The summed E-state index contributed by atoms with van der Waals surface area (Å²) in [4.78, 5) is 9.83. The third-order valence-corrected chi connectivity index (χ3v) is 5.68. The van der Waals surface area contributed by atoms with E-state index in [1.165, 1.54) is 12.1 Å². The van der Waals surface area contributed by atoms with Crippen LogP contribution in [-0.4, -0.2) is 30.9 Å². The molecule has 1 aliphatic heterocycles. The number of nitro benzene ring substituents is 1. The quantitative estimate of drug-likeness (QED) is 0.656. The first kappa shape index (κ1) is 14.9. The van der Waals surface area contributed by atoms with Crippen LogP contribution in [0.15, 0.2) is 18.2 Å². The van der Waals surface area contributed by atoms with Crippen molar-refractivity contribution in [3.05, 3.63) is 39.7 Å². The molecule has 1 aromatic rings. The molecular formula is C12H15FN2O4S. The molecule has 1 N–H and O–H groups in total. The average Bonchev–Trinajstić information content (AvgIpc) is 2.70. The van der Waals surface area contributed by atoms with Gasteiger partial charge in [0.2, 0.25) is 5.82 Å². The topological polar surface area (TPSA) is 89.3 Å². The zero-order valence-corrected chi connectivity index (χ0v) is 11.5. The van der Waals surface area contributed by atoms with Crippen molar-refractivity contribution < 1.29 is 17.7 Å². The van der Waals surface area contributed by atoms with Crippen LogP contribution in [0.4, 0.5) is 10.1 Å². The minimum atomic E-state index is -3.04. The number of nitro groups is 1. The minimum Gasteiger partial charge on any atom is -0.311 e. The molecule has 0 spiro atoms. The van der Waals surface area contributed by atoms with E-state index in [0.717, 1.165) is 6.07 Å². The predicted octanol–water partition coefficient (Wildman–Crippen LogP) is 1.40. The van der Waals surface area contributed by atoms with Crippen LogP contribution in [0.3, 0.4) is 0 Å². The minimum absolute atomic E-state index is 0.0690. The number of rotatable bonds is 5. The molecule has 1 heterocycles. The highest BCUT2D eigenvalue weighted by Crippen LogP contribution is 2.21. The Morgan fingerprint density at radius 2 is 2.20 bits per heavy atom. The van der Waals surface area contributed by atoms with Gasteiger partial charge in [-0.2, -0.15) is 4.39 Å². The van der Waals surface area contributed by atoms with E-state index in [4.69, 9.17) is 0 Å². The molecule has 0 aliphatic carbocycles. The summed E-state index contributed by atoms with van der Waals surface area (Å²) >= 11 is 0. The monoisotopic (exact) mass is 302 g/mol. The highest BCUT2D eigenvalue weighted by molar-refractivity contribution is 7.92. The van der Waals surface area contributed by atoms with Gasteiger partial charge in [-0.05, 0) is 12.8 Å². The average molecular weight is 302 g/mol. The van der Waals surface area contributed by atoms with Crippen LogP contribution in [0.5, 0.6) is 0 Å². The van der Waals surface area contributed by atoms with Crippen LogP contribution in [-0.2, 0) is 16.4 Å². The van der Waals surface area contributed by atoms with Crippen LogP contribution >= 0.6 is 0 Å². The molecule has 20 heavy (non-hydrogen) atoms. The lowest BCUT2D eigenvalue weighted by molar-refractivity contribution is -0.387. The fourth-order valence-corrected chi connectivity index (χ4v) is 4.10.